The van der Waals surface area contributed by atoms with Gasteiger partial charge in [0.05, 0.1) is 6.04 Å². The molecule has 1 aliphatic heterocycles. The Morgan fingerprint density at radius 2 is 2.18 bits per heavy atom. The molecule has 6 heteroatoms. The number of nitrogens with one attached hydrogen (secondary N) is 1. The maximum atomic E-state index is 12.2. The molecule has 6 nitrogen and oxygen atoms in total. The van der Waals surface area contributed by atoms with Gasteiger partial charge in [-0.15, -0.1) is 0 Å². The lowest BCUT2D eigenvalue weighted by atomic mass is 9.88. The normalized spacial score (nSPS) is 23.8. The summed E-state index contributed by atoms with van der Waals surface area (Å²) in [6, 6.07) is 0.413. The van der Waals surface area contributed by atoms with Gasteiger partial charge < -0.3 is 14.7 Å². The second-order valence-corrected chi connectivity index (χ2v) is 6.57. The Balaban J connectivity index is 1.96. The van der Waals surface area contributed by atoms with Crippen molar-refractivity contribution in [3.8, 4) is 0 Å². The Morgan fingerprint density at radius 3 is 2.73 bits per heavy atom. The number of aromatic nitrogens is 2. The van der Waals surface area contributed by atoms with Crippen molar-refractivity contribution in [1.82, 2.24) is 20.4 Å². The zero-order chi connectivity index (χ0) is 16.3. The van der Waals surface area contributed by atoms with Crippen LogP contribution in [0.2, 0.25) is 0 Å². The fourth-order valence-electron chi connectivity index (χ4n) is 3.11. The average molecular weight is 308 g/mol. The van der Waals surface area contributed by atoms with E-state index in [0.717, 1.165) is 25.9 Å². The molecule has 2 rings (SSSR count). The first-order valence-electron chi connectivity index (χ1n) is 8.27. The summed E-state index contributed by atoms with van der Waals surface area (Å²) in [5.74, 6) is 2.09. The maximum Gasteiger partial charge on any atom is 0.243 e. The largest absolute Gasteiger partial charge is 0.342 e. The van der Waals surface area contributed by atoms with Crippen LogP contribution >= 0.6 is 0 Å². The van der Waals surface area contributed by atoms with Gasteiger partial charge in [0.1, 0.15) is 0 Å². The average Bonchev–Trinajstić information content (AvgIpc) is 2.93. The third-order valence-corrected chi connectivity index (χ3v) is 4.44. The van der Waals surface area contributed by atoms with Crippen molar-refractivity contribution < 1.29 is 9.32 Å². The van der Waals surface area contributed by atoms with Crippen molar-refractivity contribution in [3.63, 3.8) is 0 Å². The summed E-state index contributed by atoms with van der Waals surface area (Å²) in [6.45, 7) is 11.6. The SMILES string of the molecule is CC[C@@H]1CN(C(=O)C(C)C)CC[C@@H]1N[C@H](C)c1nc(C)no1. The van der Waals surface area contributed by atoms with Gasteiger partial charge >= 0.3 is 0 Å². The van der Waals surface area contributed by atoms with Crippen molar-refractivity contribution in [2.75, 3.05) is 13.1 Å². The van der Waals surface area contributed by atoms with E-state index in [4.69, 9.17) is 4.52 Å². The summed E-state index contributed by atoms with van der Waals surface area (Å²) in [7, 11) is 0. The Hall–Kier alpha value is -1.43. The molecule has 124 valence electrons. The summed E-state index contributed by atoms with van der Waals surface area (Å²) in [5, 5.41) is 7.45. The monoisotopic (exact) mass is 308 g/mol. The van der Waals surface area contributed by atoms with E-state index in [-0.39, 0.29) is 17.9 Å². The van der Waals surface area contributed by atoms with Crippen LogP contribution in [0.15, 0.2) is 4.52 Å². The molecule has 0 aromatic carbocycles. The molecule has 1 N–H and O–H groups in total. The minimum absolute atomic E-state index is 0.0348. The molecule has 0 spiro atoms. The first-order chi connectivity index (χ1) is 10.4. The van der Waals surface area contributed by atoms with E-state index in [9.17, 15) is 4.79 Å². The lowest BCUT2D eigenvalue weighted by Crippen LogP contribution is -2.52. The van der Waals surface area contributed by atoms with Crippen LogP contribution in [0, 0.1) is 18.8 Å². The number of carbonyl (C=O) groups excluding carboxylic acids is 1. The number of aryl methyl sites for hydroxylation is 1. The summed E-state index contributed by atoms with van der Waals surface area (Å²) in [6.07, 6.45) is 2.02. The second kappa shape index (κ2) is 7.22. The highest BCUT2D eigenvalue weighted by atomic mass is 16.5. The fourth-order valence-corrected chi connectivity index (χ4v) is 3.11. The molecule has 0 aliphatic carbocycles. The van der Waals surface area contributed by atoms with Gasteiger partial charge in [-0.05, 0) is 26.2 Å². The van der Waals surface area contributed by atoms with Crippen molar-refractivity contribution in [2.45, 2.75) is 59.5 Å². The molecule has 0 radical (unpaired) electrons. The highest BCUT2D eigenvalue weighted by Gasteiger charge is 2.32. The van der Waals surface area contributed by atoms with E-state index >= 15 is 0 Å². The fraction of sp³-hybridized carbons (Fsp3) is 0.812. The third kappa shape index (κ3) is 3.85. The Labute approximate surface area is 132 Å². The van der Waals surface area contributed by atoms with E-state index in [1.54, 1.807) is 0 Å². The quantitative estimate of drug-likeness (QED) is 0.904. The van der Waals surface area contributed by atoms with E-state index in [1.807, 2.05) is 32.6 Å². The molecule has 2 heterocycles. The van der Waals surface area contributed by atoms with Crippen LogP contribution in [0.1, 0.15) is 58.3 Å². The zero-order valence-corrected chi connectivity index (χ0v) is 14.3. The minimum atomic E-state index is 0.0348. The van der Waals surface area contributed by atoms with Gasteiger partial charge in [-0.2, -0.15) is 4.98 Å². The van der Waals surface area contributed by atoms with Crippen LogP contribution in [0.25, 0.3) is 0 Å². The molecule has 0 bridgehead atoms. The van der Waals surface area contributed by atoms with Crippen molar-refractivity contribution in [1.29, 1.82) is 0 Å². The molecule has 0 unspecified atom stereocenters. The number of amides is 1. The van der Waals surface area contributed by atoms with Gasteiger partial charge in [-0.3, -0.25) is 4.79 Å². The molecule has 1 amide bonds. The Morgan fingerprint density at radius 1 is 1.45 bits per heavy atom. The number of piperidine rings is 1. The molecule has 1 saturated heterocycles. The molecular weight excluding hydrogens is 280 g/mol. The number of hydrogen-bond acceptors (Lipinski definition) is 5. The number of hydrogen-bond donors (Lipinski definition) is 1. The van der Waals surface area contributed by atoms with Crippen LogP contribution in [-0.2, 0) is 4.79 Å². The van der Waals surface area contributed by atoms with Crippen LogP contribution < -0.4 is 5.32 Å². The van der Waals surface area contributed by atoms with Crippen molar-refractivity contribution in [2.24, 2.45) is 11.8 Å². The van der Waals surface area contributed by atoms with Gasteiger partial charge in [-0.25, -0.2) is 0 Å². The van der Waals surface area contributed by atoms with Crippen LogP contribution in [0.5, 0.6) is 0 Å². The van der Waals surface area contributed by atoms with E-state index in [2.05, 4.69) is 22.4 Å². The van der Waals surface area contributed by atoms with Gasteiger partial charge in [0.2, 0.25) is 11.8 Å². The number of rotatable bonds is 5. The van der Waals surface area contributed by atoms with E-state index < -0.39 is 0 Å². The van der Waals surface area contributed by atoms with E-state index in [1.165, 1.54) is 0 Å². The first kappa shape index (κ1) is 16.9. The molecular formula is C16H28N4O2. The molecule has 1 aromatic heterocycles. The predicted molar refractivity (Wildman–Crippen MR) is 84.2 cm³/mol. The molecule has 0 saturated carbocycles. The topological polar surface area (TPSA) is 71.3 Å². The predicted octanol–water partition coefficient (Wildman–Crippen LogP) is 2.31. The molecule has 3 atom stereocenters. The van der Waals surface area contributed by atoms with Gasteiger partial charge in [-0.1, -0.05) is 32.3 Å². The van der Waals surface area contributed by atoms with Gasteiger partial charge in [0.15, 0.2) is 5.82 Å². The highest BCUT2D eigenvalue weighted by Crippen LogP contribution is 2.24. The lowest BCUT2D eigenvalue weighted by molar-refractivity contribution is -0.136. The number of nitrogens with zero attached hydrogens (tertiary/aromatic N) is 3. The maximum absolute atomic E-state index is 12.2. The van der Waals surface area contributed by atoms with Crippen LogP contribution in [0.4, 0.5) is 0 Å². The Bertz CT molecular complexity index is 500. The molecule has 22 heavy (non-hydrogen) atoms. The highest BCUT2D eigenvalue weighted by molar-refractivity contribution is 5.78. The summed E-state index contributed by atoms with van der Waals surface area (Å²) in [5.41, 5.74) is 0. The van der Waals surface area contributed by atoms with Crippen molar-refractivity contribution >= 4 is 5.91 Å². The smallest absolute Gasteiger partial charge is 0.243 e. The lowest BCUT2D eigenvalue weighted by Gasteiger charge is -2.40. The minimum Gasteiger partial charge on any atom is -0.342 e. The summed E-state index contributed by atoms with van der Waals surface area (Å²) >= 11 is 0. The van der Waals surface area contributed by atoms with Crippen LogP contribution in [-0.4, -0.2) is 40.1 Å². The molecule has 1 fully saturated rings. The first-order valence-corrected chi connectivity index (χ1v) is 8.27. The summed E-state index contributed by atoms with van der Waals surface area (Å²) < 4.78 is 5.24. The van der Waals surface area contributed by atoms with Gasteiger partial charge in [0.25, 0.3) is 0 Å². The van der Waals surface area contributed by atoms with Crippen molar-refractivity contribution in [3.05, 3.63) is 11.7 Å². The zero-order valence-electron chi connectivity index (χ0n) is 14.3. The molecule has 1 aromatic rings. The molecule has 1 aliphatic rings. The second-order valence-electron chi connectivity index (χ2n) is 6.57. The number of carbonyl (C=O) groups is 1. The van der Waals surface area contributed by atoms with Gasteiger partial charge in [0, 0.05) is 25.0 Å². The Kier molecular flexibility index (Phi) is 5.56. The standard InChI is InChI=1S/C16H28N4O2/c1-6-13-9-20(16(21)10(2)3)8-7-14(13)17-11(4)15-18-12(5)19-22-15/h10-11,13-14,17H,6-9H2,1-5H3/t11-,13-,14+/m1/s1. The van der Waals surface area contributed by atoms with Crippen LogP contribution in [0.3, 0.4) is 0 Å². The summed E-state index contributed by atoms with van der Waals surface area (Å²) in [4.78, 5) is 18.5. The van der Waals surface area contributed by atoms with E-state index in [0.29, 0.717) is 23.7 Å². The third-order valence-electron chi connectivity index (χ3n) is 4.44. The number of likely N-dealkylation sites (tertiary alicyclic amines) is 1.